The number of nitrogens with one attached hydrogen (secondary N) is 1. The van der Waals surface area contributed by atoms with Gasteiger partial charge >= 0.3 is 11.9 Å². The Morgan fingerprint density at radius 3 is 2.31 bits per heavy atom. The molecule has 0 saturated heterocycles. The molecule has 10 nitrogen and oxygen atoms in total. The largest absolute Gasteiger partial charge is 0.466 e. The zero-order chi connectivity index (χ0) is 24.9. The first-order chi connectivity index (χ1) is 16.9. The fourth-order valence-corrected chi connectivity index (χ4v) is 4.13. The number of hydrogen-bond donors (Lipinski definition) is 1. The van der Waals surface area contributed by atoms with Crippen molar-refractivity contribution in [2.75, 3.05) is 37.8 Å². The molecule has 11 heteroatoms. The van der Waals surface area contributed by atoms with Gasteiger partial charge in [-0.25, -0.2) is 9.59 Å². The van der Waals surface area contributed by atoms with Crippen LogP contribution in [0.15, 0.2) is 59.8 Å². The third-order valence-corrected chi connectivity index (χ3v) is 6.16. The van der Waals surface area contributed by atoms with Crippen molar-refractivity contribution in [2.24, 2.45) is 0 Å². The summed E-state index contributed by atoms with van der Waals surface area (Å²) in [7, 11) is 2.47. The first-order valence-corrected chi connectivity index (χ1v) is 11.3. The fraction of sp³-hybridized carbons (Fsp3) is 0.208. The van der Waals surface area contributed by atoms with Gasteiger partial charge in [-0.3, -0.25) is 4.79 Å². The van der Waals surface area contributed by atoms with Gasteiger partial charge in [-0.05, 0) is 43.3 Å². The van der Waals surface area contributed by atoms with Crippen LogP contribution >= 0.6 is 11.3 Å². The summed E-state index contributed by atoms with van der Waals surface area (Å²) >= 11 is 1.16. The van der Waals surface area contributed by atoms with E-state index in [1.54, 1.807) is 24.3 Å². The number of methoxy groups -OCH3 is 2. The molecule has 35 heavy (non-hydrogen) atoms. The van der Waals surface area contributed by atoms with Crippen LogP contribution < -0.4 is 10.2 Å². The predicted octanol–water partition coefficient (Wildman–Crippen LogP) is 3.16. The average Bonchev–Trinajstić information content (AvgIpc) is 3.39. The Morgan fingerprint density at radius 1 is 0.971 bits per heavy atom. The van der Waals surface area contributed by atoms with E-state index in [1.165, 1.54) is 19.1 Å². The Kier molecular flexibility index (Phi) is 7.18. The summed E-state index contributed by atoms with van der Waals surface area (Å²) in [5, 5.41) is 11.7. The lowest BCUT2D eigenvalue weighted by atomic mass is 10.1. The third kappa shape index (κ3) is 5.20. The third-order valence-electron chi connectivity index (χ3n) is 5.19. The zero-order valence-electron chi connectivity index (χ0n) is 19.2. The lowest BCUT2D eigenvalue weighted by Gasteiger charge is -2.31. The molecule has 0 aliphatic carbocycles. The molecule has 2 heterocycles. The number of nitrogens with zero attached hydrogens (tertiary/aromatic N) is 3. The van der Waals surface area contributed by atoms with Crippen LogP contribution in [0.4, 0.5) is 11.4 Å². The molecule has 1 aliphatic heterocycles. The minimum absolute atomic E-state index is 0.0480. The highest BCUT2D eigenvalue weighted by atomic mass is 32.1. The van der Waals surface area contributed by atoms with Crippen LogP contribution in [-0.2, 0) is 23.8 Å². The molecule has 0 spiro atoms. The summed E-state index contributed by atoms with van der Waals surface area (Å²) in [5.74, 6) is -1.69. The molecule has 3 aromatic rings. The second kappa shape index (κ2) is 10.5. The summed E-state index contributed by atoms with van der Waals surface area (Å²) in [5.41, 5.74) is 3.22. The molecule has 0 bridgehead atoms. The van der Waals surface area contributed by atoms with Gasteiger partial charge in [0.2, 0.25) is 5.01 Å². The molecule has 0 atom stereocenters. The smallest absolute Gasteiger partial charge is 0.355 e. The topological polar surface area (TPSA) is 120 Å². The van der Waals surface area contributed by atoms with Crippen LogP contribution in [0, 0.1) is 6.92 Å². The Morgan fingerprint density at radius 2 is 1.66 bits per heavy atom. The molecule has 1 aromatic heterocycles. The first kappa shape index (κ1) is 24.0. The minimum Gasteiger partial charge on any atom is -0.466 e. The quantitative estimate of drug-likeness (QED) is 0.515. The van der Waals surface area contributed by atoms with Gasteiger partial charge in [0.25, 0.3) is 5.91 Å². The molecular formula is C24H22N4O6S. The predicted molar refractivity (Wildman–Crippen MR) is 129 cm³/mol. The normalized spacial score (nSPS) is 13.4. The van der Waals surface area contributed by atoms with Gasteiger partial charge in [0, 0.05) is 16.9 Å². The number of aromatic nitrogens is 2. The molecule has 1 aliphatic rings. The number of aryl methyl sites for hydroxylation is 1. The second-order valence-electron chi connectivity index (χ2n) is 7.50. The van der Waals surface area contributed by atoms with Crippen molar-refractivity contribution in [3.8, 4) is 10.6 Å². The van der Waals surface area contributed by atoms with E-state index in [4.69, 9.17) is 14.2 Å². The maximum Gasteiger partial charge on any atom is 0.355 e. The van der Waals surface area contributed by atoms with E-state index in [9.17, 15) is 14.4 Å². The SMILES string of the molecule is COC(=O)C1=C(C(=O)OC)N(c2ccc(-c3nnc(C(=O)Nc4ccc(C)cc4)s3)cc2)COC1. The first-order valence-electron chi connectivity index (χ1n) is 10.5. The Bertz CT molecular complexity index is 1280. The van der Waals surface area contributed by atoms with Crippen molar-refractivity contribution in [3.63, 3.8) is 0 Å². The highest BCUT2D eigenvalue weighted by Gasteiger charge is 2.32. The number of benzene rings is 2. The van der Waals surface area contributed by atoms with Crippen LogP contribution in [0.3, 0.4) is 0 Å². The fourth-order valence-electron chi connectivity index (χ4n) is 3.38. The number of esters is 2. The number of hydrogen-bond acceptors (Lipinski definition) is 10. The standard InChI is InChI=1S/C24H22N4O6S/c1-14-4-8-16(9-5-14)25-20(29)22-27-26-21(35-22)15-6-10-17(11-7-15)28-13-34-12-18(23(30)32-2)19(28)24(31)33-3/h4-11H,12-13H2,1-3H3,(H,25,29). The lowest BCUT2D eigenvalue weighted by molar-refractivity contribution is -0.140. The Hall–Kier alpha value is -4.09. The number of rotatable bonds is 6. The average molecular weight is 495 g/mol. The molecule has 1 N–H and O–H groups in total. The number of carbonyl (C=O) groups excluding carboxylic acids is 3. The van der Waals surface area contributed by atoms with Crippen molar-refractivity contribution in [1.82, 2.24) is 10.2 Å². The highest BCUT2D eigenvalue weighted by molar-refractivity contribution is 7.16. The van der Waals surface area contributed by atoms with Gasteiger partial charge in [0.15, 0.2) is 0 Å². The number of anilines is 2. The number of ether oxygens (including phenoxy) is 3. The molecule has 0 unspecified atom stereocenters. The molecule has 180 valence electrons. The van der Waals surface area contributed by atoms with Crippen molar-refractivity contribution < 1.29 is 28.6 Å². The molecule has 0 saturated carbocycles. The molecule has 4 rings (SSSR count). The summed E-state index contributed by atoms with van der Waals surface area (Å²) in [6, 6.07) is 14.5. The van der Waals surface area contributed by atoms with Crippen molar-refractivity contribution in [1.29, 1.82) is 0 Å². The van der Waals surface area contributed by atoms with Crippen LogP contribution in [0.2, 0.25) is 0 Å². The Balaban J connectivity index is 1.54. The van der Waals surface area contributed by atoms with Crippen molar-refractivity contribution in [3.05, 3.63) is 70.4 Å². The monoisotopic (exact) mass is 494 g/mol. The van der Waals surface area contributed by atoms with Crippen LogP contribution in [0.1, 0.15) is 15.4 Å². The number of amides is 1. The van der Waals surface area contributed by atoms with Gasteiger partial charge in [-0.2, -0.15) is 0 Å². The van der Waals surface area contributed by atoms with E-state index in [0.29, 0.717) is 16.4 Å². The van der Waals surface area contributed by atoms with Crippen LogP contribution in [0.5, 0.6) is 0 Å². The zero-order valence-corrected chi connectivity index (χ0v) is 20.0. The van der Waals surface area contributed by atoms with E-state index < -0.39 is 11.9 Å². The van der Waals surface area contributed by atoms with Crippen molar-refractivity contribution >= 4 is 40.6 Å². The summed E-state index contributed by atoms with van der Waals surface area (Å²) < 4.78 is 15.2. The van der Waals surface area contributed by atoms with Gasteiger partial charge < -0.3 is 24.4 Å². The highest BCUT2D eigenvalue weighted by Crippen LogP contribution is 2.30. The molecule has 2 aromatic carbocycles. The maximum absolute atomic E-state index is 12.5. The van der Waals surface area contributed by atoms with E-state index >= 15 is 0 Å². The summed E-state index contributed by atoms with van der Waals surface area (Å²) in [4.78, 5) is 38.7. The van der Waals surface area contributed by atoms with E-state index in [1.807, 2.05) is 31.2 Å². The van der Waals surface area contributed by atoms with E-state index in [-0.39, 0.29) is 35.5 Å². The van der Waals surface area contributed by atoms with Gasteiger partial charge in [0.05, 0.1) is 26.4 Å². The molecule has 1 amide bonds. The van der Waals surface area contributed by atoms with Crippen LogP contribution in [0.25, 0.3) is 10.6 Å². The lowest BCUT2D eigenvalue weighted by Crippen LogP contribution is -2.38. The molecule has 0 fully saturated rings. The van der Waals surface area contributed by atoms with Gasteiger partial charge in [-0.15, -0.1) is 10.2 Å². The second-order valence-corrected chi connectivity index (χ2v) is 8.47. The van der Waals surface area contributed by atoms with E-state index in [0.717, 1.165) is 22.5 Å². The minimum atomic E-state index is -0.675. The van der Waals surface area contributed by atoms with E-state index in [2.05, 4.69) is 15.5 Å². The molecule has 0 radical (unpaired) electrons. The Labute approximate surface area is 205 Å². The summed E-state index contributed by atoms with van der Waals surface area (Å²) in [6.45, 7) is 1.95. The summed E-state index contributed by atoms with van der Waals surface area (Å²) in [6.07, 6.45) is 0. The van der Waals surface area contributed by atoms with Gasteiger partial charge in [-0.1, -0.05) is 29.0 Å². The number of carbonyl (C=O) groups is 3. The maximum atomic E-state index is 12.5. The van der Waals surface area contributed by atoms with Crippen molar-refractivity contribution in [2.45, 2.75) is 6.92 Å². The molecular weight excluding hydrogens is 472 g/mol. The van der Waals surface area contributed by atoms with Crippen LogP contribution in [-0.4, -0.2) is 55.6 Å². The van der Waals surface area contributed by atoms with Gasteiger partial charge in [0.1, 0.15) is 17.4 Å².